The molecule has 33 heavy (non-hydrogen) atoms. The molecule has 0 aliphatic rings. The van der Waals surface area contributed by atoms with E-state index < -0.39 is 5.69 Å². The minimum atomic E-state index is -0.448. The first-order valence-corrected chi connectivity index (χ1v) is 10.4. The van der Waals surface area contributed by atoms with Gasteiger partial charge in [-0.15, -0.1) is 0 Å². The van der Waals surface area contributed by atoms with Crippen LogP contribution in [0.3, 0.4) is 0 Å². The Kier molecular flexibility index (Phi) is 5.40. The molecule has 0 fully saturated rings. The predicted octanol–water partition coefficient (Wildman–Crippen LogP) is 3.64. The Labute approximate surface area is 187 Å². The summed E-state index contributed by atoms with van der Waals surface area (Å²) in [4.78, 5) is 30.7. The van der Waals surface area contributed by atoms with Gasteiger partial charge in [0, 0.05) is 12.1 Å². The zero-order valence-corrected chi connectivity index (χ0v) is 17.5. The van der Waals surface area contributed by atoms with E-state index >= 15 is 0 Å². The molecule has 8 heteroatoms. The zero-order chi connectivity index (χ0) is 22.8. The average Bonchev–Trinajstić information content (AvgIpc) is 3.31. The number of halogens is 1. The monoisotopic (exact) mass is 442 g/mol. The molecule has 0 aliphatic heterocycles. The van der Waals surface area contributed by atoms with Gasteiger partial charge in [0.2, 0.25) is 11.7 Å². The third-order valence-electron chi connectivity index (χ3n) is 5.46. The van der Waals surface area contributed by atoms with E-state index in [1.165, 1.54) is 21.3 Å². The fourth-order valence-corrected chi connectivity index (χ4v) is 3.78. The standard InChI is InChI=1S/C25H19FN4O3/c26-19-12-10-18(11-13-19)23-27-22(33-28-23)16-30-21-9-5-4-8-20(21)24(31)29(25(30)32)15-14-17-6-2-1-3-7-17/h1-13H,14-16H2. The maximum Gasteiger partial charge on any atom is 0.331 e. The lowest BCUT2D eigenvalue weighted by molar-refractivity contribution is 0.369. The quantitative estimate of drug-likeness (QED) is 0.401. The molecule has 5 rings (SSSR count). The van der Waals surface area contributed by atoms with Crippen molar-refractivity contribution in [3.8, 4) is 11.4 Å². The van der Waals surface area contributed by atoms with Gasteiger partial charge in [-0.3, -0.25) is 13.9 Å². The lowest BCUT2D eigenvalue weighted by Gasteiger charge is -2.12. The van der Waals surface area contributed by atoms with Crippen LogP contribution in [0.25, 0.3) is 22.3 Å². The molecule has 0 radical (unpaired) electrons. The molecule has 2 aromatic heterocycles. The second kappa shape index (κ2) is 8.66. The third kappa shape index (κ3) is 4.10. The highest BCUT2D eigenvalue weighted by molar-refractivity contribution is 5.77. The molecule has 0 saturated carbocycles. The van der Waals surface area contributed by atoms with E-state index in [1.54, 1.807) is 36.4 Å². The number of aromatic nitrogens is 4. The van der Waals surface area contributed by atoms with Crippen molar-refractivity contribution in [2.45, 2.75) is 19.5 Å². The molecule has 0 saturated heterocycles. The van der Waals surface area contributed by atoms with Crippen LogP contribution < -0.4 is 11.2 Å². The van der Waals surface area contributed by atoms with Gasteiger partial charge in [-0.1, -0.05) is 47.6 Å². The molecule has 0 spiro atoms. The van der Waals surface area contributed by atoms with Crippen molar-refractivity contribution >= 4 is 10.9 Å². The number of nitrogens with zero attached hydrogens (tertiary/aromatic N) is 4. The van der Waals surface area contributed by atoms with E-state index in [0.29, 0.717) is 28.7 Å². The van der Waals surface area contributed by atoms with Gasteiger partial charge in [0.15, 0.2) is 0 Å². The third-order valence-corrected chi connectivity index (χ3v) is 5.46. The van der Waals surface area contributed by atoms with Gasteiger partial charge in [-0.25, -0.2) is 9.18 Å². The molecule has 0 amide bonds. The SMILES string of the molecule is O=c1c2ccccc2n(Cc2nc(-c3ccc(F)cc3)no2)c(=O)n1CCc1ccccc1. The summed E-state index contributed by atoms with van der Waals surface area (Å²) >= 11 is 0. The zero-order valence-electron chi connectivity index (χ0n) is 17.5. The van der Waals surface area contributed by atoms with Crippen molar-refractivity contribution in [3.63, 3.8) is 0 Å². The molecule has 164 valence electrons. The minimum absolute atomic E-state index is 0.000835. The summed E-state index contributed by atoms with van der Waals surface area (Å²) in [7, 11) is 0. The Balaban J connectivity index is 1.53. The molecule has 2 heterocycles. The summed E-state index contributed by atoms with van der Waals surface area (Å²) in [6, 6.07) is 22.4. The van der Waals surface area contributed by atoms with E-state index in [1.807, 2.05) is 30.3 Å². The number of fused-ring (bicyclic) bond motifs is 1. The second-order valence-electron chi connectivity index (χ2n) is 7.60. The Morgan fingerprint density at radius 3 is 2.36 bits per heavy atom. The Morgan fingerprint density at radius 1 is 0.848 bits per heavy atom. The van der Waals surface area contributed by atoms with Gasteiger partial charge in [-0.2, -0.15) is 4.98 Å². The lowest BCUT2D eigenvalue weighted by atomic mass is 10.1. The minimum Gasteiger partial charge on any atom is -0.337 e. The van der Waals surface area contributed by atoms with Crippen molar-refractivity contribution < 1.29 is 8.91 Å². The Morgan fingerprint density at radius 2 is 1.58 bits per heavy atom. The summed E-state index contributed by atoms with van der Waals surface area (Å²) in [6.07, 6.45) is 0.545. The highest BCUT2D eigenvalue weighted by atomic mass is 19.1. The van der Waals surface area contributed by atoms with Crippen LogP contribution in [0, 0.1) is 5.82 Å². The summed E-state index contributed by atoms with van der Waals surface area (Å²) < 4.78 is 21.3. The average molecular weight is 442 g/mol. The molecule has 0 aliphatic carbocycles. The predicted molar refractivity (Wildman–Crippen MR) is 121 cm³/mol. The van der Waals surface area contributed by atoms with E-state index in [-0.39, 0.29) is 30.4 Å². The highest BCUT2D eigenvalue weighted by Crippen LogP contribution is 2.17. The molecule has 7 nitrogen and oxygen atoms in total. The second-order valence-corrected chi connectivity index (χ2v) is 7.60. The number of rotatable bonds is 6. The largest absolute Gasteiger partial charge is 0.337 e. The Bertz CT molecular complexity index is 1540. The normalized spacial score (nSPS) is 11.2. The number of hydrogen-bond donors (Lipinski definition) is 0. The summed E-state index contributed by atoms with van der Waals surface area (Å²) in [6.45, 7) is 0.246. The molecule has 0 bridgehead atoms. The van der Waals surface area contributed by atoms with Crippen LogP contribution in [0.5, 0.6) is 0 Å². The van der Waals surface area contributed by atoms with Crippen LogP contribution in [-0.4, -0.2) is 19.3 Å². The van der Waals surface area contributed by atoms with Gasteiger partial charge in [0.1, 0.15) is 12.4 Å². The molecule has 5 aromatic rings. The molecule has 0 atom stereocenters. The van der Waals surface area contributed by atoms with Crippen LogP contribution in [0.1, 0.15) is 11.5 Å². The van der Waals surface area contributed by atoms with Crippen LogP contribution in [-0.2, 0) is 19.5 Å². The van der Waals surface area contributed by atoms with Gasteiger partial charge < -0.3 is 4.52 Å². The van der Waals surface area contributed by atoms with E-state index in [2.05, 4.69) is 10.1 Å². The molecular weight excluding hydrogens is 423 g/mol. The van der Waals surface area contributed by atoms with Crippen LogP contribution >= 0.6 is 0 Å². The summed E-state index contributed by atoms with van der Waals surface area (Å²) in [5.41, 5.74) is 1.34. The van der Waals surface area contributed by atoms with Gasteiger partial charge in [0.25, 0.3) is 5.56 Å². The fourth-order valence-electron chi connectivity index (χ4n) is 3.78. The number of hydrogen-bond acceptors (Lipinski definition) is 5. The molecule has 0 unspecified atom stereocenters. The van der Waals surface area contributed by atoms with Crippen molar-refractivity contribution in [2.75, 3.05) is 0 Å². The van der Waals surface area contributed by atoms with E-state index in [9.17, 15) is 14.0 Å². The van der Waals surface area contributed by atoms with Crippen molar-refractivity contribution in [1.82, 2.24) is 19.3 Å². The van der Waals surface area contributed by atoms with Gasteiger partial charge in [-0.05, 0) is 48.4 Å². The first-order valence-electron chi connectivity index (χ1n) is 10.4. The van der Waals surface area contributed by atoms with Crippen LogP contribution in [0.4, 0.5) is 4.39 Å². The Hall–Kier alpha value is -4.33. The van der Waals surface area contributed by atoms with Crippen molar-refractivity contribution in [2.24, 2.45) is 0 Å². The summed E-state index contributed by atoms with van der Waals surface area (Å²) in [5, 5.41) is 4.38. The topological polar surface area (TPSA) is 82.9 Å². The maximum atomic E-state index is 13.3. The van der Waals surface area contributed by atoms with Crippen molar-refractivity contribution in [3.05, 3.63) is 117 Å². The van der Waals surface area contributed by atoms with Crippen LogP contribution in [0.15, 0.2) is 93.0 Å². The number of benzene rings is 3. The fraction of sp³-hybridized carbons (Fsp3) is 0.120. The molecular formula is C25H19FN4O3. The van der Waals surface area contributed by atoms with Crippen LogP contribution in [0.2, 0.25) is 0 Å². The van der Waals surface area contributed by atoms with E-state index in [0.717, 1.165) is 5.56 Å². The van der Waals surface area contributed by atoms with Gasteiger partial charge >= 0.3 is 5.69 Å². The first-order chi connectivity index (χ1) is 16.1. The summed E-state index contributed by atoms with van der Waals surface area (Å²) in [5.74, 6) is 0.132. The maximum absolute atomic E-state index is 13.3. The van der Waals surface area contributed by atoms with Gasteiger partial charge in [0.05, 0.1) is 10.9 Å². The van der Waals surface area contributed by atoms with Crippen molar-refractivity contribution in [1.29, 1.82) is 0 Å². The van der Waals surface area contributed by atoms with E-state index in [4.69, 9.17) is 4.52 Å². The highest BCUT2D eigenvalue weighted by Gasteiger charge is 2.16. The number of para-hydroxylation sites is 1. The number of aryl methyl sites for hydroxylation is 1. The smallest absolute Gasteiger partial charge is 0.331 e. The first kappa shape index (κ1) is 20.6. The molecule has 0 N–H and O–H groups in total. The molecule has 3 aromatic carbocycles. The lowest BCUT2D eigenvalue weighted by Crippen LogP contribution is -2.40.